The maximum atomic E-state index is 2.64. The van der Waals surface area contributed by atoms with Crippen molar-refractivity contribution in [1.29, 1.82) is 0 Å². The molecule has 0 saturated heterocycles. The number of allylic oxidation sites excluding steroid dienone is 6. The van der Waals surface area contributed by atoms with Gasteiger partial charge in [-0.1, -0.05) is 269 Å². The minimum atomic E-state index is -0.567. The Hall–Kier alpha value is -8.10. The summed E-state index contributed by atoms with van der Waals surface area (Å²) >= 11 is 1.92. The van der Waals surface area contributed by atoms with Crippen LogP contribution in [0.5, 0.6) is 0 Å². The molecule has 1 aromatic heterocycles. The third kappa shape index (κ3) is 8.39. The number of thiophene rings is 1. The second-order valence-corrected chi connectivity index (χ2v) is 22.3. The zero-order chi connectivity index (χ0) is 51.0. The molecule has 0 radical (unpaired) electrons. The van der Waals surface area contributed by atoms with E-state index in [4.69, 9.17) is 0 Å². The number of aryl methyl sites for hydroxylation is 1. The molecule has 368 valence electrons. The molecule has 10 aromatic carbocycles. The molecule has 0 nitrogen and oxygen atoms in total. The van der Waals surface area contributed by atoms with Crippen LogP contribution in [0.4, 0.5) is 0 Å². The predicted octanol–water partition coefficient (Wildman–Crippen LogP) is 20.0. The second kappa shape index (κ2) is 20.6. The number of benzene rings is 10. The summed E-state index contributed by atoms with van der Waals surface area (Å²) in [5, 5.41) is 5.44. The molecule has 0 saturated carbocycles. The van der Waals surface area contributed by atoms with E-state index < -0.39 is 5.41 Å². The van der Waals surface area contributed by atoms with E-state index in [9.17, 15) is 0 Å². The van der Waals surface area contributed by atoms with Gasteiger partial charge in [0.15, 0.2) is 0 Å². The molecule has 0 spiro atoms. The van der Waals surface area contributed by atoms with Crippen LogP contribution in [0.3, 0.4) is 0 Å². The zero-order valence-corrected chi connectivity index (χ0v) is 44.3. The first kappa shape index (κ1) is 47.6. The largest absolute Gasteiger partial charge is 0.135 e. The number of hydrogen-bond acceptors (Lipinski definition) is 1. The van der Waals surface area contributed by atoms with Crippen LogP contribution in [0, 0.1) is 5.92 Å². The van der Waals surface area contributed by atoms with Gasteiger partial charge in [0.25, 0.3) is 0 Å². The van der Waals surface area contributed by atoms with E-state index >= 15 is 0 Å². The summed E-state index contributed by atoms with van der Waals surface area (Å²) in [5.74, 6) is 1.04. The van der Waals surface area contributed by atoms with Crippen molar-refractivity contribution in [2.45, 2.75) is 62.7 Å². The fourth-order valence-corrected chi connectivity index (χ4v) is 14.6. The van der Waals surface area contributed by atoms with Gasteiger partial charge in [-0.2, -0.15) is 0 Å². The average molecular weight is 995 g/mol. The lowest BCUT2D eigenvalue weighted by atomic mass is 9.66. The second-order valence-electron chi connectivity index (χ2n) is 21.2. The molecule has 0 N–H and O–H groups in total. The minimum Gasteiger partial charge on any atom is -0.135 e. The first-order valence-electron chi connectivity index (χ1n) is 27.5. The van der Waals surface area contributed by atoms with Gasteiger partial charge in [-0.3, -0.25) is 0 Å². The van der Waals surface area contributed by atoms with Crippen LogP contribution in [0.25, 0.3) is 47.6 Å². The first-order valence-corrected chi connectivity index (χ1v) is 28.4. The Morgan fingerprint density at radius 1 is 0.513 bits per heavy atom. The molecule has 3 atom stereocenters. The lowest BCUT2D eigenvalue weighted by Gasteiger charge is -2.35. The van der Waals surface area contributed by atoms with Gasteiger partial charge >= 0.3 is 0 Å². The van der Waals surface area contributed by atoms with Crippen molar-refractivity contribution in [2.75, 3.05) is 0 Å². The van der Waals surface area contributed by atoms with Crippen LogP contribution < -0.4 is 0 Å². The third-order valence-electron chi connectivity index (χ3n) is 17.2. The summed E-state index contributed by atoms with van der Waals surface area (Å²) in [6, 6.07) is 90.3. The minimum absolute atomic E-state index is 0.173. The quantitative estimate of drug-likeness (QED) is 0.102. The van der Waals surface area contributed by atoms with E-state index in [2.05, 4.69) is 281 Å². The van der Waals surface area contributed by atoms with Crippen molar-refractivity contribution in [2.24, 2.45) is 5.92 Å². The highest BCUT2D eigenvalue weighted by atomic mass is 32.1. The molecule has 0 fully saturated rings. The Balaban J connectivity index is 0.981. The summed E-state index contributed by atoms with van der Waals surface area (Å²) in [6.07, 6.45) is 15.1. The fraction of sp³-hybridized carbons (Fsp3) is 0.147. The summed E-state index contributed by atoms with van der Waals surface area (Å²) in [6.45, 7) is 4.80. The first-order chi connectivity index (χ1) is 37.6. The van der Waals surface area contributed by atoms with Gasteiger partial charge in [-0.15, -0.1) is 11.3 Å². The van der Waals surface area contributed by atoms with Crippen LogP contribution in [0.1, 0.15) is 106 Å². The van der Waals surface area contributed by atoms with Crippen molar-refractivity contribution in [1.82, 2.24) is 0 Å². The maximum absolute atomic E-state index is 2.64. The van der Waals surface area contributed by atoms with Gasteiger partial charge in [0.05, 0.1) is 5.41 Å². The third-order valence-corrected chi connectivity index (χ3v) is 18.3. The Morgan fingerprint density at radius 2 is 1.13 bits per heavy atom. The smallest absolute Gasteiger partial charge is 0.0713 e. The highest BCUT2D eigenvalue weighted by Gasteiger charge is 2.47. The molecule has 76 heavy (non-hydrogen) atoms. The molecule has 0 aliphatic heterocycles. The Bertz CT molecular complexity index is 3870. The predicted molar refractivity (Wildman–Crippen MR) is 325 cm³/mol. The van der Waals surface area contributed by atoms with Crippen molar-refractivity contribution in [3.05, 3.63) is 328 Å². The Labute approximate surface area is 453 Å². The van der Waals surface area contributed by atoms with E-state index in [0.29, 0.717) is 5.92 Å². The Kier molecular flexibility index (Phi) is 12.9. The normalized spacial score (nSPS) is 15.4. The molecule has 11 aromatic rings. The van der Waals surface area contributed by atoms with E-state index in [0.717, 1.165) is 25.7 Å². The molecule has 1 heteroatoms. The van der Waals surface area contributed by atoms with Crippen molar-refractivity contribution in [3.63, 3.8) is 0 Å². The molecule has 0 bridgehead atoms. The summed E-state index contributed by atoms with van der Waals surface area (Å²) < 4.78 is 2.70. The van der Waals surface area contributed by atoms with Crippen molar-refractivity contribution >= 4 is 47.9 Å². The highest BCUT2D eigenvalue weighted by Crippen LogP contribution is 2.59. The SMILES string of the molecule is CCC1C=CC=CC=C1c1ccc(CC(c2cccc3sc4ccccc4c23)C(C)c2ccc3c(c2)C(c2ccccc2)(c2ccccc2)c2cc(CCC(c4ccccc4)c4ccccc4)c4ccccc4c2-3)cc1. The van der Waals surface area contributed by atoms with Gasteiger partial charge in [-0.25, -0.2) is 0 Å². The number of hydrogen-bond donors (Lipinski definition) is 0. The van der Waals surface area contributed by atoms with Crippen molar-refractivity contribution < 1.29 is 0 Å². The number of rotatable bonds is 14. The van der Waals surface area contributed by atoms with Crippen LogP contribution in [-0.2, 0) is 18.3 Å². The topological polar surface area (TPSA) is 0 Å². The standard InChI is InChI=1S/C75H62S/c1-3-53-24-9-6-18-33-61(53)56-42-40-52(41-43-56)48-68(65-37-23-39-72-74(65)67-36-21-22-38-71(67)76-72)51(2)57-44-47-66-69(49-57)75(59-29-14-7-15-30-59,60-31-16-8-17-32-60)70-50-58(63-34-19-20-35-64(63)73(66)70)45-46-62(54-25-10-4-11-26-54)55-27-12-5-13-28-55/h4-44,47,49-51,53,62,68H,3,45-46,48H2,1-2H3. The average Bonchev–Trinajstić information content (AvgIpc) is 4.07. The lowest BCUT2D eigenvalue weighted by Crippen LogP contribution is -2.29. The molecular weight excluding hydrogens is 933 g/mol. The van der Waals surface area contributed by atoms with E-state index in [1.807, 2.05) is 11.3 Å². The molecule has 0 amide bonds. The monoisotopic (exact) mass is 994 g/mol. The highest BCUT2D eigenvalue weighted by molar-refractivity contribution is 7.25. The van der Waals surface area contributed by atoms with Gasteiger partial charge < -0.3 is 0 Å². The van der Waals surface area contributed by atoms with Crippen LogP contribution >= 0.6 is 11.3 Å². The summed E-state index contributed by atoms with van der Waals surface area (Å²) in [5.41, 5.74) is 18.4. The zero-order valence-electron chi connectivity index (χ0n) is 43.4. The fourth-order valence-electron chi connectivity index (χ4n) is 13.4. The molecule has 13 rings (SSSR count). The van der Waals surface area contributed by atoms with Gasteiger partial charge in [0, 0.05) is 32.0 Å². The van der Waals surface area contributed by atoms with Gasteiger partial charge in [-0.05, 0) is 138 Å². The van der Waals surface area contributed by atoms with Crippen molar-refractivity contribution in [3.8, 4) is 11.1 Å². The molecule has 3 unspecified atom stereocenters. The van der Waals surface area contributed by atoms with Gasteiger partial charge in [0.1, 0.15) is 0 Å². The molecule has 2 aliphatic rings. The summed E-state index contributed by atoms with van der Waals surface area (Å²) in [7, 11) is 0. The van der Waals surface area contributed by atoms with Crippen LogP contribution in [0.2, 0.25) is 0 Å². The summed E-state index contributed by atoms with van der Waals surface area (Å²) in [4.78, 5) is 0. The van der Waals surface area contributed by atoms with Gasteiger partial charge in [0.2, 0.25) is 0 Å². The maximum Gasteiger partial charge on any atom is 0.0713 e. The lowest BCUT2D eigenvalue weighted by molar-refractivity contribution is 0.575. The molecule has 1 heterocycles. The van der Waals surface area contributed by atoms with E-state index in [1.54, 1.807) is 0 Å². The van der Waals surface area contributed by atoms with E-state index in [-0.39, 0.29) is 17.8 Å². The van der Waals surface area contributed by atoms with E-state index in [1.165, 1.54) is 109 Å². The Morgan fingerprint density at radius 3 is 1.82 bits per heavy atom. The van der Waals surface area contributed by atoms with Crippen LogP contribution in [-0.4, -0.2) is 0 Å². The molecular formula is C75H62S. The van der Waals surface area contributed by atoms with Crippen LogP contribution in [0.15, 0.2) is 267 Å². The molecule has 2 aliphatic carbocycles. The number of fused-ring (bicyclic) bond motifs is 8.